The van der Waals surface area contributed by atoms with Crippen molar-refractivity contribution < 1.29 is 0 Å². The maximum Gasteiger partial charge on any atom is 0.0346 e. The van der Waals surface area contributed by atoms with Gasteiger partial charge in [0.05, 0.1) is 0 Å². The van der Waals surface area contributed by atoms with E-state index in [4.69, 9.17) is 0 Å². The average Bonchev–Trinajstić information content (AvgIpc) is 3.00. The first-order chi connectivity index (χ1) is 9.40. The minimum atomic E-state index is 0.851. The van der Waals surface area contributed by atoms with Crippen LogP contribution in [-0.2, 0) is 0 Å². The molecular formula is C15H17N3S. The van der Waals surface area contributed by atoms with E-state index in [9.17, 15) is 0 Å². The third-order valence-corrected chi connectivity index (χ3v) is 5.33. The molecule has 0 bridgehead atoms. The number of rotatable bonds is 2. The Kier molecular flexibility index (Phi) is 2.94. The van der Waals surface area contributed by atoms with Gasteiger partial charge in [-0.3, -0.25) is 4.98 Å². The molecular weight excluding hydrogens is 254 g/mol. The fourth-order valence-electron chi connectivity index (χ4n) is 3.20. The molecule has 2 fully saturated rings. The molecule has 19 heavy (non-hydrogen) atoms. The van der Waals surface area contributed by atoms with Crippen molar-refractivity contribution in [3.63, 3.8) is 0 Å². The minimum Gasteiger partial charge on any atom is -0.316 e. The molecule has 4 rings (SSSR count). The Balaban J connectivity index is 1.59. The SMILES string of the molecule is c1cc(SN2CC3CNCC3C2)c2ccncc2c1. The Hall–Kier alpha value is -1.10. The van der Waals surface area contributed by atoms with Crippen molar-refractivity contribution >= 4 is 22.7 Å². The van der Waals surface area contributed by atoms with Gasteiger partial charge in [-0.15, -0.1) is 0 Å². The van der Waals surface area contributed by atoms with Crippen molar-refractivity contribution in [3.8, 4) is 0 Å². The zero-order chi connectivity index (χ0) is 12.7. The largest absolute Gasteiger partial charge is 0.316 e. The zero-order valence-electron chi connectivity index (χ0n) is 10.7. The summed E-state index contributed by atoms with van der Waals surface area (Å²) in [6.07, 6.45) is 3.83. The lowest BCUT2D eigenvalue weighted by Gasteiger charge is -2.16. The van der Waals surface area contributed by atoms with Gasteiger partial charge in [0.15, 0.2) is 0 Å². The number of fused-ring (bicyclic) bond motifs is 2. The van der Waals surface area contributed by atoms with Gasteiger partial charge < -0.3 is 5.32 Å². The van der Waals surface area contributed by atoms with Crippen molar-refractivity contribution in [3.05, 3.63) is 36.7 Å². The first-order valence-electron chi connectivity index (χ1n) is 6.86. The molecule has 0 saturated carbocycles. The second kappa shape index (κ2) is 4.78. The van der Waals surface area contributed by atoms with E-state index in [1.165, 1.54) is 41.8 Å². The van der Waals surface area contributed by atoms with E-state index in [0.717, 1.165) is 11.8 Å². The molecule has 2 aromatic rings. The average molecular weight is 271 g/mol. The van der Waals surface area contributed by atoms with E-state index in [1.807, 2.05) is 24.3 Å². The molecule has 4 heteroatoms. The molecule has 2 saturated heterocycles. The van der Waals surface area contributed by atoms with Gasteiger partial charge in [0, 0.05) is 35.8 Å². The Morgan fingerprint density at radius 1 is 1.16 bits per heavy atom. The quantitative estimate of drug-likeness (QED) is 0.849. The Morgan fingerprint density at radius 3 is 2.84 bits per heavy atom. The molecule has 2 aliphatic rings. The number of aromatic nitrogens is 1. The second-order valence-corrected chi connectivity index (χ2v) is 6.61. The van der Waals surface area contributed by atoms with Crippen LogP contribution in [0.25, 0.3) is 10.8 Å². The summed E-state index contributed by atoms with van der Waals surface area (Å²) in [5.74, 6) is 1.70. The maximum atomic E-state index is 4.20. The van der Waals surface area contributed by atoms with E-state index < -0.39 is 0 Å². The van der Waals surface area contributed by atoms with Crippen LogP contribution >= 0.6 is 11.9 Å². The highest BCUT2D eigenvalue weighted by molar-refractivity contribution is 7.97. The van der Waals surface area contributed by atoms with Crippen LogP contribution in [0, 0.1) is 11.8 Å². The Morgan fingerprint density at radius 2 is 2.00 bits per heavy atom. The maximum absolute atomic E-state index is 4.20. The molecule has 0 amide bonds. The summed E-state index contributed by atoms with van der Waals surface area (Å²) >= 11 is 1.92. The predicted octanol–water partition coefficient (Wildman–Crippen LogP) is 2.39. The molecule has 1 N–H and O–H groups in total. The summed E-state index contributed by atoms with van der Waals surface area (Å²) in [6.45, 7) is 4.82. The third kappa shape index (κ3) is 2.14. The van der Waals surface area contributed by atoms with Crippen LogP contribution in [0.2, 0.25) is 0 Å². The van der Waals surface area contributed by atoms with Crippen molar-refractivity contribution in [2.75, 3.05) is 26.2 Å². The molecule has 1 aromatic heterocycles. The van der Waals surface area contributed by atoms with Crippen molar-refractivity contribution in [2.24, 2.45) is 11.8 Å². The summed E-state index contributed by atoms with van der Waals surface area (Å²) in [5, 5.41) is 6.04. The fourth-order valence-corrected chi connectivity index (χ4v) is 4.43. The lowest BCUT2D eigenvalue weighted by atomic mass is 10.0. The van der Waals surface area contributed by atoms with Gasteiger partial charge in [-0.1, -0.05) is 12.1 Å². The molecule has 0 radical (unpaired) electrons. The van der Waals surface area contributed by atoms with Gasteiger partial charge in [0.1, 0.15) is 0 Å². The normalized spacial score (nSPS) is 26.9. The standard InChI is InChI=1S/C15H17N3S/c1-2-11-6-16-5-4-14(11)15(3-1)19-18-9-12-7-17-8-13(12)10-18/h1-6,12-13,17H,7-10H2. The lowest BCUT2D eigenvalue weighted by Crippen LogP contribution is -2.20. The van der Waals surface area contributed by atoms with Gasteiger partial charge in [-0.2, -0.15) is 0 Å². The molecule has 3 nitrogen and oxygen atoms in total. The number of benzene rings is 1. The van der Waals surface area contributed by atoms with Gasteiger partial charge >= 0.3 is 0 Å². The van der Waals surface area contributed by atoms with Crippen LogP contribution in [0.15, 0.2) is 41.6 Å². The van der Waals surface area contributed by atoms with Crippen molar-refractivity contribution in [2.45, 2.75) is 4.90 Å². The predicted molar refractivity (Wildman–Crippen MR) is 79.0 cm³/mol. The fraction of sp³-hybridized carbons (Fsp3) is 0.400. The highest BCUT2D eigenvalue weighted by Gasteiger charge is 2.36. The zero-order valence-corrected chi connectivity index (χ0v) is 11.6. The van der Waals surface area contributed by atoms with Gasteiger partial charge in [0.25, 0.3) is 0 Å². The van der Waals surface area contributed by atoms with E-state index in [1.54, 1.807) is 0 Å². The summed E-state index contributed by atoms with van der Waals surface area (Å²) in [6, 6.07) is 8.61. The highest BCUT2D eigenvalue weighted by atomic mass is 32.2. The monoisotopic (exact) mass is 271 g/mol. The molecule has 2 aliphatic heterocycles. The molecule has 0 aliphatic carbocycles. The molecule has 0 spiro atoms. The van der Waals surface area contributed by atoms with Gasteiger partial charge in [-0.05, 0) is 54.4 Å². The van der Waals surface area contributed by atoms with Crippen molar-refractivity contribution in [1.82, 2.24) is 14.6 Å². The van der Waals surface area contributed by atoms with Crippen molar-refractivity contribution in [1.29, 1.82) is 0 Å². The van der Waals surface area contributed by atoms with E-state index in [0.29, 0.717) is 0 Å². The van der Waals surface area contributed by atoms with Crippen LogP contribution in [-0.4, -0.2) is 35.5 Å². The van der Waals surface area contributed by atoms with Crippen LogP contribution in [0.5, 0.6) is 0 Å². The number of nitrogens with one attached hydrogen (secondary N) is 1. The minimum absolute atomic E-state index is 0.851. The molecule has 2 unspecified atom stereocenters. The van der Waals surface area contributed by atoms with Crippen LogP contribution in [0.4, 0.5) is 0 Å². The summed E-state index contributed by atoms with van der Waals surface area (Å²) in [7, 11) is 0. The van der Waals surface area contributed by atoms with Gasteiger partial charge in [0.2, 0.25) is 0 Å². The molecule has 3 heterocycles. The number of hydrogen-bond donors (Lipinski definition) is 1. The lowest BCUT2D eigenvalue weighted by molar-refractivity contribution is 0.521. The Labute approximate surface area is 117 Å². The first-order valence-corrected chi connectivity index (χ1v) is 7.64. The second-order valence-electron chi connectivity index (χ2n) is 5.47. The molecule has 2 atom stereocenters. The van der Waals surface area contributed by atoms with E-state index in [2.05, 4.69) is 38.9 Å². The van der Waals surface area contributed by atoms with E-state index >= 15 is 0 Å². The Bertz CT molecular complexity index is 583. The number of pyridine rings is 1. The number of nitrogens with zero attached hydrogens (tertiary/aromatic N) is 2. The molecule has 1 aromatic carbocycles. The third-order valence-electron chi connectivity index (χ3n) is 4.22. The smallest absolute Gasteiger partial charge is 0.0346 e. The van der Waals surface area contributed by atoms with Crippen LogP contribution in [0.1, 0.15) is 0 Å². The van der Waals surface area contributed by atoms with E-state index in [-0.39, 0.29) is 0 Å². The first kappa shape index (κ1) is 11.7. The molecule has 98 valence electrons. The summed E-state index contributed by atoms with van der Waals surface area (Å²) in [5.41, 5.74) is 0. The van der Waals surface area contributed by atoms with Crippen LogP contribution in [0.3, 0.4) is 0 Å². The highest BCUT2D eigenvalue weighted by Crippen LogP contribution is 2.36. The summed E-state index contributed by atoms with van der Waals surface area (Å²) in [4.78, 5) is 5.56. The summed E-state index contributed by atoms with van der Waals surface area (Å²) < 4.78 is 2.53. The topological polar surface area (TPSA) is 28.2 Å². The number of hydrogen-bond acceptors (Lipinski definition) is 4. The van der Waals surface area contributed by atoms with Crippen LogP contribution < -0.4 is 5.32 Å². The van der Waals surface area contributed by atoms with Gasteiger partial charge in [-0.25, -0.2) is 4.31 Å².